The maximum absolute atomic E-state index is 3.84. The maximum atomic E-state index is 3.84. The Morgan fingerprint density at radius 1 is 1.19 bits per heavy atom. The Morgan fingerprint density at radius 2 is 1.96 bits per heavy atom. The topological polar surface area (TPSA) is 18.5 Å². The van der Waals surface area contributed by atoms with Crippen LogP contribution in [0.15, 0.2) is 28.9 Å². The molecule has 146 valence electrons. The first-order valence-corrected chi connectivity index (χ1v) is 11.5. The van der Waals surface area contributed by atoms with Gasteiger partial charge in [-0.05, 0) is 60.1 Å². The Bertz CT molecular complexity index is 750. The number of nitrogens with zero attached hydrogens (tertiary/aromatic N) is 2. The van der Waals surface area contributed by atoms with Crippen LogP contribution >= 0.6 is 15.9 Å². The highest BCUT2D eigenvalue weighted by Gasteiger charge is 2.48. The molecule has 27 heavy (non-hydrogen) atoms. The second-order valence-electron chi connectivity index (χ2n) is 9.48. The highest BCUT2D eigenvalue weighted by atomic mass is 79.9. The molecule has 3 atom stereocenters. The van der Waals surface area contributed by atoms with E-state index < -0.39 is 0 Å². The molecule has 1 aromatic rings. The molecule has 5 rings (SSSR count). The average Bonchev–Trinajstić information content (AvgIpc) is 3.49. The summed E-state index contributed by atoms with van der Waals surface area (Å²) in [4.78, 5) is 5.29. The number of allylic oxidation sites excluding steroid dienone is 1. The summed E-state index contributed by atoms with van der Waals surface area (Å²) in [7, 11) is 2.29. The molecule has 0 bridgehead atoms. The van der Waals surface area contributed by atoms with Gasteiger partial charge in [0.15, 0.2) is 0 Å². The third kappa shape index (κ3) is 3.28. The van der Waals surface area contributed by atoms with E-state index in [-0.39, 0.29) is 0 Å². The molecule has 1 saturated heterocycles. The molecule has 3 nitrogen and oxygen atoms in total. The van der Waals surface area contributed by atoms with Crippen molar-refractivity contribution in [2.24, 2.45) is 5.41 Å². The van der Waals surface area contributed by atoms with Crippen LogP contribution in [0, 0.1) is 5.41 Å². The normalized spacial score (nSPS) is 34.5. The third-order valence-corrected chi connectivity index (χ3v) is 7.90. The second-order valence-corrected chi connectivity index (χ2v) is 10.5. The van der Waals surface area contributed by atoms with Crippen molar-refractivity contribution in [2.75, 3.05) is 33.2 Å². The lowest BCUT2D eigenvalue weighted by Gasteiger charge is -2.52. The fourth-order valence-corrected chi connectivity index (χ4v) is 6.88. The van der Waals surface area contributed by atoms with Crippen LogP contribution in [0.1, 0.15) is 61.3 Å². The third-order valence-electron chi connectivity index (χ3n) is 7.41. The van der Waals surface area contributed by atoms with Crippen LogP contribution in [-0.2, 0) is 6.42 Å². The molecule has 1 aromatic carbocycles. The molecule has 0 aromatic heterocycles. The predicted octanol–water partition coefficient (Wildman–Crippen LogP) is 4.40. The van der Waals surface area contributed by atoms with Gasteiger partial charge in [-0.3, -0.25) is 4.90 Å². The molecular weight excluding hydrogens is 398 g/mol. The van der Waals surface area contributed by atoms with Crippen LogP contribution in [0.3, 0.4) is 0 Å². The Labute approximate surface area is 172 Å². The molecule has 1 saturated carbocycles. The molecule has 0 radical (unpaired) electrons. The monoisotopic (exact) mass is 429 g/mol. The van der Waals surface area contributed by atoms with Crippen molar-refractivity contribution in [1.82, 2.24) is 15.1 Å². The van der Waals surface area contributed by atoms with Gasteiger partial charge in [-0.1, -0.05) is 41.1 Å². The lowest BCUT2D eigenvalue weighted by molar-refractivity contribution is 0.0193. The van der Waals surface area contributed by atoms with Crippen molar-refractivity contribution in [2.45, 2.75) is 57.0 Å². The molecular formula is C23H32BrN3. The van der Waals surface area contributed by atoms with Crippen molar-refractivity contribution in [3.8, 4) is 0 Å². The van der Waals surface area contributed by atoms with Crippen LogP contribution < -0.4 is 5.32 Å². The van der Waals surface area contributed by atoms with Crippen LogP contribution in [0.25, 0.3) is 0 Å². The largest absolute Gasteiger partial charge is 0.374 e. The van der Waals surface area contributed by atoms with Crippen molar-refractivity contribution in [1.29, 1.82) is 0 Å². The number of aryl methyl sites for hydroxylation is 1. The van der Waals surface area contributed by atoms with Gasteiger partial charge in [0.1, 0.15) is 0 Å². The molecule has 4 heteroatoms. The summed E-state index contributed by atoms with van der Waals surface area (Å²) >= 11 is 3.84. The maximum Gasteiger partial charge on any atom is 0.0560 e. The standard InChI is InChI=1S/C23H32BrN3/c1-23-8-7-18-13-17(16-3-4-16)5-6-20(18)21(27-11-9-25-10-12-27)22(23)26(2)15-19(24)14-23/h5-6,13,15-16,21-22,25H,3-4,7-12,14H2,1-2H3. The van der Waals surface area contributed by atoms with E-state index in [4.69, 9.17) is 0 Å². The van der Waals surface area contributed by atoms with Crippen molar-refractivity contribution in [3.05, 3.63) is 45.6 Å². The van der Waals surface area contributed by atoms with Crippen molar-refractivity contribution < 1.29 is 0 Å². The van der Waals surface area contributed by atoms with Gasteiger partial charge in [0, 0.05) is 43.9 Å². The lowest BCUT2D eigenvalue weighted by Crippen LogP contribution is -2.56. The first-order valence-electron chi connectivity index (χ1n) is 10.7. The van der Waals surface area contributed by atoms with Gasteiger partial charge in [0.25, 0.3) is 0 Å². The first-order chi connectivity index (χ1) is 13.0. The molecule has 2 aliphatic heterocycles. The Hall–Kier alpha value is -0.840. The Morgan fingerprint density at radius 3 is 2.70 bits per heavy atom. The van der Waals surface area contributed by atoms with Gasteiger partial charge in [0.2, 0.25) is 0 Å². The number of rotatable bonds is 2. The zero-order chi connectivity index (χ0) is 18.6. The van der Waals surface area contributed by atoms with E-state index in [1.54, 1.807) is 16.7 Å². The van der Waals surface area contributed by atoms with E-state index in [0.717, 1.165) is 38.5 Å². The summed E-state index contributed by atoms with van der Waals surface area (Å²) in [5.74, 6) is 0.840. The molecule has 1 N–H and O–H groups in total. The zero-order valence-electron chi connectivity index (χ0n) is 16.7. The van der Waals surface area contributed by atoms with Crippen LogP contribution in [0.2, 0.25) is 0 Å². The smallest absolute Gasteiger partial charge is 0.0560 e. The second kappa shape index (κ2) is 6.89. The predicted molar refractivity (Wildman–Crippen MR) is 115 cm³/mol. The van der Waals surface area contributed by atoms with Gasteiger partial charge in [-0.2, -0.15) is 0 Å². The minimum absolute atomic E-state index is 0.302. The number of piperazine rings is 1. The molecule has 2 heterocycles. The van der Waals surface area contributed by atoms with E-state index in [2.05, 4.69) is 69.4 Å². The van der Waals surface area contributed by atoms with E-state index in [1.807, 2.05) is 0 Å². The fraction of sp³-hybridized carbons (Fsp3) is 0.652. The number of hydrogen-bond acceptors (Lipinski definition) is 3. The SMILES string of the molecule is CN1C=C(Br)CC2(C)CCc3cc(C4CC4)ccc3C(N3CCNCC3)C12. The number of halogens is 1. The van der Waals surface area contributed by atoms with Gasteiger partial charge >= 0.3 is 0 Å². The van der Waals surface area contributed by atoms with Gasteiger partial charge in [-0.25, -0.2) is 0 Å². The highest BCUT2D eigenvalue weighted by molar-refractivity contribution is 9.11. The van der Waals surface area contributed by atoms with Crippen LogP contribution in [0.5, 0.6) is 0 Å². The van der Waals surface area contributed by atoms with E-state index in [1.165, 1.54) is 30.2 Å². The summed E-state index contributed by atoms with van der Waals surface area (Å²) in [6.45, 7) is 7.06. The average molecular weight is 430 g/mol. The minimum Gasteiger partial charge on any atom is -0.374 e. The first kappa shape index (κ1) is 18.2. The quantitative estimate of drug-likeness (QED) is 0.750. The van der Waals surface area contributed by atoms with E-state index in [0.29, 0.717) is 17.5 Å². The number of fused-ring (bicyclic) bond motifs is 2. The number of hydrogen-bond donors (Lipinski definition) is 1. The number of benzene rings is 1. The molecule has 2 aliphatic carbocycles. The number of nitrogens with one attached hydrogen (secondary N) is 1. The van der Waals surface area contributed by atoms with E-state index >= 15 is 0 Å². The minimum atomic E-state index is 0.302. The van der Waals surface area contributed by atoms with Gasteiger partial charge in [0.05, 0.1) is 12.1 Å². The molecule has 0 spiro atoms. The summed E-state index contributed by atoms with van der Waals surface area (Å²) in [5.41, 5.74) is 5.13. The summed E-state index contributed by atoms with van der Waals surface area (Å²) in [6.07, 6.45) is 8.77. The lowest BCUT2D eigenvalue weighted by atomic mass is 9.71. The molecule has 2 fully saturated rings. The molecule has 3 unspecified atom stereocenters. The van der Waals surface area contributed by atoms with Crippen molar-refractivity contribution in [3.63, 3.8) is 0 Å². The van der Waals surface area contributed by atoms with E-state index in [9.17, 15) is 0 Å². The zero-order valence-corrected chi connectivity index (χ0v) is 18.3. The van der Waals surface area contributed by atoms with Gasteiger partial charge < -0.3 is 10.2 Å². The summed E-state index contributed by atoms with van der Waals surface area (Å²) in [5, 5.41) is 3.55. The van der Waals surface area contributed by atoms with Crippen LogP contribution in [-0.4, -0.2) is 49.1 Å². The van der Waals surface area contributed by atoms with Crippen LogP contribution in [0.4, 0.5) is 0 Å². The fourth-order valence-electron chi connectivity index (χ4n) is 5.92. The van der Waals surface area contributed by atoms with Gasteiger partial charge in [-0.15, -0.1) is 0 Å². The van der Waals surface area contributed by atoms with Crippen molar-refractivity contribution >= 4 is 15.9 Å². The Balaban J connectivity index is 1.61. The summed E-state index contributed by atoms with van der Waals surface area (Å²) < 4.78 is 1.35. The molecule has 4 aliphatic rings. The molecule has 0 amide bonds. The summed E-state index contributed by atoms with van der Waals surface area (Å²) in [6, 6.07) is 8.55. The Kier molecular flexibility index (Phi) is 4.65. The highest BCUT2D eigenvalue weighted by Crippen LogP contribution is 2.52. The number of likely N-dealkylation sites (N-methyl/N-ethyl adjacent to an activating group) is 1.